The van der Waals surface area contributed by atoms with Gasteiger partial charge in [-0.05, 0) is 39.0 Å². The number of halogens is 4. The van der Waals surface area contributed by atoms with Crippen molar-refractivity contribution >= 4 is 52.4 Å². The van der Waals surface area contributed by atoms with E-state index < -0.39 is 9.76 Å². The smallest absolute Gasteiger partial charge is 0.332 e. The summed E-state index contributed by atoms with van der Waals surface area (Å²) in [4.78, 5) is 11.4. The van der Waals surface area contributed by atoms with Gasteiger partial charge < -0.3 is 4.74 Å². The highest BCUT2D eigenvalue weighted by atomic mass is 35.6. The Morgan fingerprint density at radius 3 is 2.35 bits per heavy atom. The van der Waals surface area contributed by atoms with Crippen molar-refractivity contribution in [3.63, 3.8) is 0 Å². The monoisotopic (exact) mass is 360 g/mol. The number of hydrogen-bond acceptors (Lipinski definition) is 2. The molecule has 0 radical (unpaired) electrons. The molecule has 0 fully saturated rings. The largest absolute Gasteiger partial charge is 0.462 e. The summed E-state index contributed by atoms with van der Waals surface area (Å²) in [6.07, 6.45) is 6.08. The molecule has 0 N–H and O–H groups in total. The average molecular weight is 362 g/mol. The van der Waals surface area contributed by atoms with Crippen molar-refractivity contribution in [1.82, 2.24) is 0 Å². The van der Waals surface area contributed by atoms with Crippen molar-refractivity contribution in [2.45, 2.75) is 43.8 Å². The van der Waals surface area contributed by atoms with Crippen molar-refractivity contribution in [3.8, 4) is 0 Å². The minimum Gasteiger partial charge on any atom is -0.462 e. The van der Waals surface area contributed by atoms with Crippen molar-refractivity contribution in [3.05, 3.63) is 22.8 Å². The van der Waals surface area contributed by atoms with Gasteiger partial charge in [0.1, 0.15) is 0 Å². The maximum absolute atomic E-state index is 11.4. The maximum Gasteiger partial charge on any atom is 0.332 e. The van der Waals surface area contributed by atoms with Gasteiger partial charge in [0.15, 0.2) is 0 Å². The molecule has 0 aromatic heterocycles. The Kier molecular flexibility index (Phi) is 10.00. The van der Waals surface area contributed by atoms with Crippen LogP contribution in [0.2, 0.25) is 0 Å². The molecule has 0 saturated heterocycles. The summed E-state index contributed by atoms with van der Waals surface area (Å²) in [6, 6.07) is 0. The molecule has 6 heteroatoms. The highest BCUT2D eigenvalue weighted by Crippen LogP contribution is 2.36. The fourth-order valence-electron chi connectivity index (χ4n) is 1.39. The van der Waals surface area contributed by atoms with Gasteiger partial charge in [-0.15, -0.1) is 0 Å². The Balaban J connectivity index is 3.95. The van der Waals surface area contributed by atoms with Gasteiger partial charge in [-0.1, -0.05) is 65.0 Å². The van der Waals surface area contributed by atoms with Crippen LogP contribution >= 0.6 is 46.4 Å². The second-order valence-electron chi connectivity index (χ2n) is 4.91. The first-order valence-corrected chi connectivity index (χ1v) is 7.88. The lowest BCUT2D eigenvalue weighted by molar-refractivity contribution is -0.138. The Morgan fingerprint density at radius 1 is 1.25 bits per heavy atom. The van der Waals surface area contributed by atoms with Crippen LogP contribution in [0, 0.1) is 5.92 Å². The Morgan fingerprint density at radius 2 is 1.85 bits per heavy atom. The van der Waals surface area contributed by atoms with Gasteiger partial charge in [-0.3, -0.25) is 0 Å². The zero-order valence-electron chi connectivity index (χ0n) is 11.9. The average Bonchev–Trinajstić information content (AvgIpc) is 2.26. The summed E-state index contributed by atoms with van der Waals surface area (Å²) in [6.45, 7) is 6.60. The van der Waals surface area contributed by atoms with Gasteiger partial charge in [0.2, 0.25) is 3.79 Å². The van der Waals surface area contributed by atoms with Gasteiger partial charge in [0, 0.05) is 6.08 Å². The minimum atomic E-state index is -1.79. The fraction of sp³-hybridized carbons (Fsp3) is 0.643. The standard InChI is InChI=1S/C14H20Cl4O2/c1-10(2)5-4-6-11(3)7-8-20-13(19)9-12(15)14(16,17)18/h5,9,11H,4,6-8H2,1-3H3/b12-9-. The number of hydrogen-bond donors (Lipinski definition) is 0. The van der Waals surface area contributed by atoms with E-state index in [9.17, 15) is 4.79 Å². The Bertz CT molecular complexity index is 366. The Hall–Kier alpha value is 0.110. The highest BCUT2D eigenvalue weighted by molar-refractivity contribution is 6.73. The first-order chi connectivity index (χ1) is 9.12. The van der Waals surface area contributed by atoms with Gasteiger partial charge >= 0.3 is 5.97 Å². The van der Waals surface area contributed by atoms with Crippen LogP contribution < -0.4 is 0 Å². The molecule has 0 amide bonds. The second kappa shape index (κ2) is 9.94. The van der Waals surface area contributed by atoms with Crippen LogP contribution in [0.4, 0.5) is 0 Å². The van der Waals surface area contributed by atoms with Crippen molar-refractivity contribution in [1.29, 1.82) is 0 Å². The normalized spacial score (nSPS) is 13.8. The molecule has 0 bridgehead atoms. The molecule has 0 aliphatic heterocycles. The van der Waals surface area contributed by atoms with E-state index >= 15 is 0 Å². The molecule has 1 unspecified atom stereocenters. The number of rotatable bonds is 7. The molecule has 0 aliphatic carbocycles. The van der Waals surface area contributed by atoms with Crippen LogP contribution in [0.3, 0.4) is 0 Å². The lowest BCUT2D eigenvalue weighted by Gasteiger charge is -2.11. The summed E-state index contributed by atoms with van der Waals surface area (Å²) in [5.41, 5.74) is 1.31. The molecule has 0 aromatic rings. The molecule has 0 saturated carbocycles. The SMILES string of the molecule is CC(C)=CCCC(C)CCOC(=O)/C=C(\Cl)C(Cl)(Cl)Cl. The van der Waals surface area contributed by atoms with Crippen LogP contribution in [0.5, 0.6) is 0 Å². The molecule has 116 valence electrons. The van der Waals surface area contributed by atoms with Gasteiger partial charge in [-0.25, -0.2) is 4.79 Å². The molecule has 2 nitrogen and oxygen atoms in total. The lowest BCUT2D eigenvalue weighted by atomic mass is 10.0. The van der Waals surface area contributed by atoms with E-state index in [1.165, 1.54) is 5.57 Å². The predicted molar refractivity (Wildman–Crippen MR) is 87.6 cm³/mol. The van der Waals surface area contributed by atoms with Crippen molar-refractivity contribution < 1.29 is 9.53 Å². The van der Waals surface area contributed by atoms with E-state index in [0.29, 0.717) is 12.5 Å². The predicted octanol–water partition coefficient (Wildman–Crippen LogP) is 5.80. The maximum atomic E-state index is 11.4. The Labute approximate surface area is 141 Å². The molecule has 0 rings (SSSR count). The zero-order chi connectivity index (χ0) is 15.8. The van der Waals surface area contributed by atoms with Crippen LogP contribution in [0.1, 0.15) is 40.0 Å². The van der Waals surface area contributed by atoms with Crippen LogP contribution in [0.25, 0.3) is 0 Å². The summed E-state index contributed by atoms with van der Waals surface area (Å²) >= 11 is 22.2. The molecule has 20 heavy (non-hydrogen) atoms. The fourth-order valence-corrected chi connectivity index (χ4v) is 1.64. The molecule has 0 heterocycles. The van der Waals surface area contributed by atoms with Crippen LogP contribution in [-0.2, 0) is 9.53 Å². The molecule has 0 aromatic carbocycles. The highest BCUT2D eigenvalue weighted by Gasteiger charge is 2.25. The number of carbonyl (C=O) groups is 1. The van der Waals surface area contributed by atoms with Gasteiger partial charge in [0.25, 0.3) is 0 Å². The molecule has 0 aliphatic rings. The van der Waals surface area contributed by atoms with Crippen LogP contribution in [-0.4, -0.2) is 16.4 Å². The number of carbonyl (C=O) groups excluding carboxylic acids is 1. The molecule has 1 atom stereocenters. The number of ether oxygens (including phenoxy) is 1. The molecular formula is C14H20Cl4O2. The van der Waals surface area contributed by atoms with E-state index in [0.717, 1.165) is 25.3 Å². The third kappa shape index (κ3) is 10.8. The third-order valence-electron chi connectivity index (χ3n) is 2.58. The van der Waals surface area contributed by atoms with Gasteiger partial charge in [-0.2, -0.15) is 0 Å². The van der Waals surface area contributed by atoms with Gasteiger partial charge in [0.05, 0.1) is 11.6 Å². The summed E-state index contributed by atoms with van der Waals surface area (Å²) < 4.78 is 3.22. The molecule has 0 spiro atoms. The third-order valence-corrected chi connectivity index (χ3v) is 3.88. The van der Waals surface area contributed by atoms with E-state index in [-0.39, 0.29) is 5.03 Å². The van der Waals surface area contributed by atoms with Crippen molar-refractivity contribution in [2.24, 2.45) is 5.92 Å². The van der Waals surface area contributed by atoms with E-state index in [1.54, 1.807) is 0 Å². The first kappa shape index (κ1) is 20.1. The van der Waals surface area contributed by atoms with E-state index in [1.807, 2.05) is 0 Å². The summed E-state index contributed by atoms with van der Waals surface area (Å²) in [7, 11) is 0. The second-order valence-corrected chi connectivity index (χ2v) is 7.60. The first-order valence-electron chi connectivity index (χ1n) is 6.37. The topological polar surface area (TPSA) is 26.3 Å². The quantitative estimate of drug-likeness (QED) is 0.248. The van der Waals surface area contributed by atoms with E-state index in [2.05, 4.69) is 26.8 Å². The lowest BCUT2D eigenvalue weighted by Crippen LogP contribution is -2.09. The number of allylic oxidation sites excluding steroid dienone is 3. The van der Waals surface area contributed by atoms with Crippen LogP contribution in [0.15, 0.2) is 22.8 Å². The number of esters is 1. The minimum absolute atomic E-state index is 0.177. The number of alkyl halides is 3. The summed E-state index contributed by atoms with van der Waals surface area (Å²) in [5, 5.41) is -0.177. The molecular weight excluding hydrogens is 342 g/mol. The zero-order valence-corrected chi connectivity index (χ0v) is 14.9. The van der Waals surface area contributed by atoms with Crippen molar-refractivity contribution in [2.75, 3.05) is 6.61 Å². The van der Waals surface area contributed by atoms with E-state index in [4.69, 9.17) is 51.1 Å². The summed E-state index contributed by atoms with van der Waals surface area (Å²) in [5.74, 6) is -0.121.